The van der Waals surface area contributed by atoms with Crippen molar-refractivity contribution in [3.8, 4) is 0 Å². The molecule has 28 heavy (non-hydrogen) atoms. The minimum atomic E-state index is -1.68. The lowest BCUT2D eigenvalue weighted by Gasteiger charge is -2.53. The predicted molar refractivity (Wildman–Crippen MR) is 110 cm³/mol. The number of alkyl halides is 1. The summed E-state index contributed by atoms with van der Waals surface area (Å²) in [5.41, 5.74) is 6.57. The number of nitrogens with two attached hydrogens (primary N) is 1. The fourth-order valence-corrected chi connectivity index (χ4v) is 6.07. The zero-order chi connectivity index (χ0) is 21.5. The topological polar surface area (TPSA) is 72.6 Å². The molecule has 1 aromatic rings. The Bertz CT molecular complexity index is 935. The van der Waals surface area contributed by atoms with Gasteiger partial charge in [0.05, 0.1) is 7.29 Å². The van der Waals surface area contributed by atoms with Crippen molar-refractivity contribution in [3.63, 3.8) is 0 Å². The Morgan fingerprint density at radius 2 is 2.14 bits per heavy atom. The molecule has 1 aliphatic heterocycles. The molecule has 0 radical (unpaired) electrons. The number of carbonyl (C=O) groups excluding carboxylic acids is 2. The lowest BCUT2D eigenvalue weighted by molar-refractivity contribution is -0.124. The molecular formula is C22H27ClN2O3. The van der Waals surface area contributed by atoms with Gasteiger partial charge in [-0.3, -0.25) is 4.79 Å². The van der Waals surface area contributed by atoms with Crippen molar-refractivity contribution in [2.24, 2.45) is 22.5 Å². The second kappa shape index (κ2) is 5.99. The Morgan fingerprint density at radius 3 is 2.75 bits per heavy atom. The molecule has 2 amide bonds. The molecule has 2 aliphatic carbocycles. The number of allylic oxidation sites excluding steroid dienone is 1. The largest absolute Gasteiger partial charge is 0.445 e. The van der Waals surface area contributed by atoms with E-state index in [1.807, 2.05) is 39.0 Å². The fourth-order valence-electron chi connectivity index (χ4n) is 5.67. The Hall–Kier alpha value is -2.01. The van der Waals surface area contributed by atoms with Crippen LogP contribution in [0.2, 0.25) is 0 Å². The first-order valence-corrected chi connectivity index (χ1v) is 10.0. The molecular weight excluding hydrogens is 376 g/mol. The SMILES string of the molecule is [2H]C1(OC(N)=O)C2c3cccc4c3[C@H](C(=O)N4C)C(C)(C)C1CC(Cl)C2(C)C=C. The lowest BCUT2D eigenvalue weighted by atomic mass is 9.56. The van der Waals surface area contributed by atoms with Gasteiger partial charge in [0.2, 0.25) is 5.91 Å². The molecule has 6 heteroatoms. The highest BCUT2D eigenvalue weighted by Gasteiger charge is 2.63. The lowest BCUT2D eigenvalue weighted by Crippen LogP contribution is -2.54. The predicted octanol–water partition coefficient (Wildman–Crippen LogP) is 4.15. The summed E-state index contributed by atoms with van der Waals surface area (Å²) in [7, 11) is 1.78. The molecule has 1 heterocycles. The maximum absolute atomic E-state index is 13.4. The Kier molecular flexibility index (Phi) is 3.86. The van der Waals surface area contributed by atoms with Crippen LogP contribution in [0.1, 0.15) is 51.5 Å². The van der Waals surface area contributed by atoms with Crippen molar-refractivity contribution in [2.45, 2.75) is 50.5 Å². The first-order chi connectivity index (χ1) is 13.4. The van der Waals surface area contributed by atoms with Crippen molar-refractivity contribution in [2.75, 3.05) is 11.9 Å². The summed E-state index contributed by atoms with van der Waals surface area (Å²) >= 11 is 6.91. The van der Waals surface area contributed by atoms with Crippen LogP contribution in [0.4, 0.5) is 10.5 Å². The summed E-state index contributed by atoms with van der Waals surface area (Å²) in [6.07, 6.45) is -0.517. The van der Waals surface area contributed by atoms with Gasteiger partial charge in [0.15, 0.2) is 0 Å². The molecule has 5 unspecified atom stereocenters. The van der Waals surface area contributed by atoms with Crippen LogP contribution in [0.5, 0.6) is 0 Å². The number of likely N-dealkylation sites (N-methyl/N-ethyl adjacent to an activating group) is 1. The van der Waals surface area contributed by atoms with Crippen molar-refractivity contribution >= 4 is 29.3 Å². The third-order valence-corrected chi connectivity index (χ3v) is 7.97. The van der Waals surface area contributed by atoms with E-state index in [1.54, 1.807) is 18.0 Å². The second-order valence-electron chi connectivity index (χ2n) is 9.01. The van der Waals surface area contributed by atoms with Gasteiger partial charge in [0.1, 0.15) is 6.08 Å². The minimum Gasteiger partial charge on any atom is -0.445 e. The van der Waals surface area contributed by atoms with Crippen LogP contribution in [0.25, 0.3) is 0 Å². The number of fused-ring (bicyclic) bond motifs is 3. The minimum absolute atomic E-state index is 0.0159. The van der Waals surface area contributed by atoms with Crippen molar-refractivity contribution in [3.05, 3.63) is 42.0 Å². The first-order valence-electron chi connectivity index (χ1n) is 10.1. The van der Waals surface area contributed by atoms with E-state index in [0.29, 0.717) is 6.42 Å². The number of carbonyl (C=O) groups is 2. The van der Waals surface area contributed by atoms with Crippen molar-refractivity contribution in [1.29, 1.82) is 0 Å². The van der Waals surface area contributed by atoms with Crippen molar-refractivity contribution in [1.82, 2.24) is 0 Å². The average Bonchev–Trinajstić information content (AvgIpc) is 2.87. The van der Waals surface area contributed by atoms with E-state index in [4.69, 9.17) is 22.1 Å². The number of amides is 2. The number of hydrogen-bond donors (Lipinski definition) is 1. The third kappa shape index (κ3) is 2.25. The summed E-state index contributed by atoms with van der Waals surface area (Å²) in [6, 6.07) is 5.72. The van der Waals surface area contributed by atoms with Gasteiger partial charge < -0.3 is 15.4 Å². The van der Waals surface area contributed by atoms with Crippen LogP contribution in [-0.4, -0.2) is 30.5 Å². The molecule has 0 spiro atoms. The highest BCUT2D eigenvalue weighted by molar-refractivity contribution is 6.21. The summed E-state index contributed by atoms with van der Waals surface area (Å²) in [5.74, 6) is -1.58. The van der Waals surface area contributed by atoms with Crippen molar-refractivity contribution < 1.29 is 15.7 Å². The van der Waals surface area contributed by atoms with E-state index in [2.05, 4.69) is 6.58 Å². The Morgan fingerprint density at radius 1 is 1.46 bits per heavy atom. The molecule has 4 rings (SSSR count). The number of halogens is 1. The zero-order valence-electron chi connectivity index (χ0n) is 17.7. The maximum Gasteiger partial charge on any atom is 0.404 e. The molecule has 3 aliphatic rings. The van der Waals surface area contributed by atoms with E-state index in [9.17, 15) is 11.0 Å². The van der Waals surface area contributed by atoms with Gasteiger partial charge >= 0.3 is 6.09 Å². The fraction of sp³-hybridized carbons (Fsp3) is 0.545. The molecule has 6 atom stereocenters. The van der Waals surface area contributed by atoms with E-state index in [1.165, 1.54) is 0 Å². The molecule has 0 aromatic heterocycles. The normalized spacial score (nSPS) is 41.0. The molecule has 5 nitrogen and oxygen atoms in total. The standard InChI is InChI=1S/C22H27ClN2O3/c1-6-22(4)14(23)10-12-18(28-20(24)27)16(22)11-8-7-9-13-15(11)17(21(12,2)3)19(26)25(13)5/h6-9,12,14,16-18H,1,10H2,2-5H3,(H2,24,27)/t12?,14?,16?,17-,18?,22?/m1/s1/i18D. The van der Waals surface area contributed by atoms with Gasteiger partial charge in [0, 0.05) is 35.4 Å². The number of anilines is 1. The van der Waals surface area contributed by atoms with Gasteiger partial charge in [-0.25, -0.2) is 4.79 Å². The van der Waals surface area contributed by atoms with Gasteiger partial charge in [0.25, 0.3) is 0 Å². The van der Waals surface area contributed by atoms with Gasteiger partial charge in [-0.2, -0.15) is 0 Å². The third-order valence-electron chi connectivity index (χ3n) is 7.32. The summed E-state index contributed by atoms with van der Waals surface area (Å²) < 4.78 is 15.1. The highest BCUT2D eigenvalue weighted by atomic mass is 35.5. The quantitative estimate of drug-likeness (QED) is 0.595. The molecule has 0 saturated heterocycles. The summed E-state index contributed by atoms with van der Waals surface area (Å²) in [5, 5.41) is -0.341. The molecule has 1 aromatic carbocycles. The Labute approximate surface area is 172 Å². The number of hydrogen-bond acceptors (Lipinski definition) is 3. The van der Waals surface area contributed by atoms with E-state index in [-0.39, 0.29) is 11.3 Å². The summed E-state index contributed by atoms with van der Waals surface area (Å²) in [4.78, 5) is 27.0. The second-order valence-corrected chi connectivity index (χ2v) is 9.54. The Balaban J connectivity index is 2.13. The number of rotatable bonds is 2. The highest BCUT2D eigenvalue weighted by Crippen LogP contribution is 2.65. The van der Waals surface area contributed by atoms with E-state index in [0.717, 1.165) is 16.8 Å². The van der Waals surface area contributed by atoms with Crippen LogP contribution < -0.4 is 10.6 Å². The molecule has 150 valence electrons. The molecule has 2 bridgehead atoms. The number of nitrogens with zero attached hydrogens (tertiary/aromatic N) is 1. The molecule has 1 saturated carbocycles. The first kappa shape index (κ1) is 18.0. The van der Waals surface area contributed by atoms with Crippen LogP contribution in [-0.2, 0) is 9.53 Å². The van der Waals surface area contributed by atoms with Gasteiger partial charge in [-0.05, 0) is 29.0 Å². The van der Waals surface area contributed by atoms with E-state index >= 15 is 0 Å². The molecule has 1 fully saturated rings. The average molecular weight is 404 g/mol. The zero-order valence-corrected chi connectivity index (χ0v) is 17.4. The van der Waals surface area contributed by atoms with E-state index < -0.39 is 40.8 Å². The maximum atomic E-state index is 13.4. The van der Waals surface area contributed by atoms with Gasteiger partial charge in [-0.1, -0.05) is 39.0 Å². The van der Waals surface area contributed by atoms with Crippen LogP contribution in [0, 0.1) is 16.7 Å². The number of benzene rings is 1. The monoisotopic (exact) mass is 403 g/mol. The smallest absolute Gasteiger partial charge is 0.404 e. The summed E-state index contributed by atoms with van der Waals surface area (Å²) in [6.45, 7) is 9.89. The molecule has 2 N–H and O–H groups in total. The van der Waals surface area contributed by atoms with Gasteiger partial charge in [-0.15, -0.1) is 18.2 Å². The van der Waals surface area contributed by atoms with Crippen LogP contribution in [0.15, 0.2) is 30.9 Å². The number of primary amides is 1. The number of ether oxygens (including phenoxy) is 1. The van der Waals surface area contributed by atoms with Crippen LogP contribution in [0.3, 0.4) is 0 Å². The van der Waals surface area contributed by atoms with Crippen LogP contribution >= 0.6 is 11.6 Å².